The molecule has 0 radical (unpaired) electrons. The molecule has 5 heteroatoms. The van der Waals surface area contributed by atoms with Crippen molar-refractivity contribution in [2.24, 2.45) is 0 Å². The lowest BCUT2D eigenvalue weighted by Crippen LogP contribution is -2.05. The van der Waals surface area contributed by atoms with Crippen LogP contribution >= 0.6 is 11.6 Å². The fourth-order valence-electron chi connectivity index (χ4n) is 1.67. The molecule has 0 saturated carbocycles. The van der Waals surface area contributed by atoms with Gasteiger partial charge in [-0.3, -0.25) is 4.79 Å². The van der Waals surface area contributed by atoms with Gasteiger partial charge in [0.05, 0.1) is 17.8 Å². The van der Waals surface area contributed by atoms with Crippen molar-refractivity contribution in [3.8, 4) is 11.3 Å². The Hall–Kier alpha value is -1.94. The number of hydrogen-bond acceptors (Lipinski definition) is 3. The second-order valence-electron chi connectivity index (χ2n) is 3.87. The lowest BCUT2D eigenvalue weighted by Gasteiger charge is -2.05. The predicted octanol–water partition coefficient (Wildman–Crippen LogP) is 2.73. The molecule has 0 aliphatic rings. The molecular weight excluding hydrogens is 252 g/mol. The molecule has 0 aliphatic heterocycles. The molecule has 0 aliphatic carbocycles. The summed E-state index contributed by atoms with van der Waals surface area (Å²) >= 11 is 5.92. The lowest BCUT2D eigenvalue weighted by molar-refractivity contribution is -0.136. The highest BCUT2D eigenvalue weighted by Gasteiger charge is 2.07. The molecule has 92 valence electrons. The average Bonchev–Trinajstić information content (AvgIpc) is 2.27. The summed E-state index contributed by atoms with van der Waals surface area (Å²) in [5.74, 6) is -0.367. The van der Waals surface area contributed by atoms with Gasteiger partial charge in [-0.05, 0) is 25.1 Å². The Balaban J connectivity index is 2.44. The van der Waals surface area contributed by atoms with E-state index in [9.17, 15) is 4.79 Å². The van der Waals surface area contributed by atoms with Gasteiger partial charge in [0.25, 0.3) is 0 Å². The van der Waals surface area contributed by atoms with Gasteiger partial charge in [0.15, 0.2) is 0 Å². The van der Waals surface area contributed by atoms with E-state index in [2.05, 4.69) is 9.97 Å². The van der Waals surface area contributed by atoms with Crippen molar-refractivity contribution in [3.05, 3.63) is 46.9 Å². The van der Waals surface area contributed by atoms with Gasteiger partial charge < -0.3 is 5.11 Å². The quantitative estimate of drug-likeness (QED) is 0.924. The second kappa shape index (κ2) is 5.14. The number of halogens is 1. The van der Waals surface area contributed by atoms with Crippen molar-refractivity contribution in [1.29, 1.82) is 0 Å². The first-order valence-electron chi connectivity index (χ1n) is 5.37. The summed E-state index contributed by atoms with van der Waals surface area (Å²) in [7, 11) is 0. The largest absolute Gasteiger partial charge is 0.481 e. The standard InChI is InChI=1S/C13H11ClN2O2/c1-8-15-11(7-13(17)18)6-12(16-8)9-3-2-4-10(14)5-9/h2-6H,7H2,1H3,(H,17,18). The van der Waals surface area contributed by atoms with Crippen molar-refractivity contribution in [3.63, 3.8) is 0 Å². The molecule has 0 saturated heterocycles. The van der Waals surface area contributed by atoms with Crippen LogP contribution in [0.4, 0.5) is 0 Å². The Labute approximate surface area is 109 Å². The average molecular weight is 263 g/mol. The van der Waals surface area contributed by atoms with Gasteiger partial charge in [-0.2, -0.15) is 0 Å². The topological polar surface area (TPSA) is 63.1 Å². The molecule has 0 spiro atoms. The van der Waals surface area contributed by atoms with Crippen molar-refractivity contribution >= 4 is 17.6 Å². The molecule has 2 rings (SSSR count). The van der Waals surface area contributed by atoms with Crippen LogP contribution in [0.15, 0.2) is 30.3 Å². The highest BCUT2D eigenvalue weighted by Crippen LogP contribution is 2.21. The van der Waals surface area contributed by atoms with E-state index in [0.717, 1.165) is 5.56 Å². The Morgan fingerprint density at radius 2 is 2.11 bits per heavy atom. The maximum absolute atomic E-state index is 10.7. The number of rotatable bonds is 3. The van der Waals surface area contributed by atoms with E-state index in [1.54, 1.807) is 25.1 Å². The van der Waals surface area contributed by atoms with E-state index < -0.39 is 5.97 Å². The number of benzene rings is 1. The van der Waals surface area contributed by atoms with Crippen molar-refractivity contribution in [2.75, 3.05) is 0 Å². The molecule has 0 unspecified atom stereocenters. The highest BCUT2D eigenvalue weighted by atomic mass is 35.5. The number of carboxylic acids is 1. The summed E-state index contributed by atoms with van der Waals surface area (Å²) in [4.78, 5) is 19.1. The zero-order valence-corrected chi connectivity index (χ0v) is 10.5. The molecule has 1 N–H and O–H groups in total. The third kappa shape index (κ3) is 3.05. The monoisotopic (exact) mass is 262 g/mol. The van der Waals surface area contributed by atoms with Gasteiger partial charge in [-0.1, -0.05) is 23.7 Å². The summed E-state index contributed by atoms with van der Waals surface area (Å²) in [6.07, 6.45) is -0.114. The number of hydrogen-bond donors (Lipinski definition) is 1. The molecule has 2 aromatic rings. The molecule has 4 nitrogen and oxygen atoms in total. The smallest absolute Gasteiger partial charge is 0.309 e. The first kappa shape index (κ1) is 12.5. The number of aromatic nitrogens is 2. The van der Waals surface area contributed by atoms with Crippen molar-refractivity contribution in [1.82, 2.24) is 9.97 Å². The van der Waals surface area contributed by atoms with Gasteiger partial charge in [0.2, 0.25) is 0 Å². The van der Waals surface area contributed by atoms with E-state index in [-0.39, 0.29) is 6.42 Å². The van der Waals surface area contributed by atoms with Crippen LogP contribution in [0.2, 0.25) is 5.02 Å². The summed E-state index contributed by atoms with van der Waals surface area (Å²) in [6, 6.07) is 8.93. The van der Waals surface area contributed by atoms with E-state index in [4.69, 9.17) is 16.7 Å². The molecule has 0 bridgehead atoms. The van der Waals surface area contributed by atoms with Crippen LogP contribution in [0, 0.1) is 6.92 Å². The van der Waals surface area contributed by atoms with Crippen LogP contribution in [0.5, 0.6) is 0 Å². The zero-order chi connectivity index (χ0) is 13.1. The molecular formula is C13H11ClN2O2. The summed E-state index contributed by atoms with van der Waals surface area (Å²) in [5.41, 5.74) is 2.02. The zero-order valence-electron chi connectivity index (χ0n) is 9.72. The number of nitrogens with zero attached hydrogens (tertiary/aromatic N) is 2. The van der Waals surface area contributed by atoms with E-state index in [1.165, 1.54) is 0 Å². The fraction of sp³-hybridized carbons (Fsp3) is 0.154. The molecule has 0 amide bonds. The fourth-order valence-corrected chi connectivity index (χ4v) is 1.86. The molecule has 1 aromatic heterocycles. The van der Waals surface area contributed by atoms with Crippen LogP contribution in [-0.4, -0.2) is 21.0 Å². The van der Waals surface area contributed by atoms with Gasteiger partial charge in [0.1, 0.15) is 5.82 Å². The number of aliphatic carboxylic acids is 1. The van der Waals surface area contributed by atoms with Crippen molar-refractivity contribution < 1.29 is 9.90 Å². The van der Waals surface area contributed by atoms with E-state index in [1.807, 2.05) is 12.1 Å². The Morgan fingerprint density at radius 3 is 2.78 bits per heavy atom. The summed E-state index contributed by atoms with van der Waals surface area (Å²) < 4.78 is 0. The SMILES string of the molecule is Cc1nc(CC(=O)O)cc(-c2cccc(Cl)c2)n1. The summed E-state index contributed by atoms with van der Waals surface area (Å²) in [5, 5.41) is 9.40. The van der Waals surface area contributed by atoms with Crippen LogP contribution in [0.25, 0.3) is 11.3 Å². The van der Waals surface area contributed by atoms with Crippen LogP contribution in [0.3, 0.4) is 0 Å². The van der Waals surface area contributed by atoms with Gasteiger partial charge in [-0.25, -0.2) is 9.97 Å². The Bertz CT molecular complexity index is 599. The number of aryl methyl sites for hydroxylation is 1. The Kier molecular flexibility index (Phi) is 3.58. The van der Waals surface area contributed by atoms with E-state index >= 15 is 0 Å². The minimum absolute atomic E-state index is 0.114. The minimum atomic E-state index is -0.912. The first-order valence-corrected chi connectivity index (χ1v) is 5.74. The maximum Gasteiger partial charge on any atom is 0.309 e. The molecule has 0 fully saturated rings. The predicted molar refractivity (Wildman–Crippen MR) is 68.6 cm³/mol. The third-order valence-corrected chi connectivity index (χ3v) is 2.58. The molecule has 1 heterocycles. The Morgan fingerprint density at radius 1 is 1.33 bits per heavy atom. The van der Waals surface area contributed by atoms with Crippen LogP contribution in [-0.2, 0) is 11.2 Å². The van der Waals surface area contributed by atoms with Crippen molar-refractivity contribution in [2.45, 2.75) is 13.3 Å². The number of carboxylic acid groups (broad SMARTS) is 1. The highest BCUT2D eigenvalue weighted by molar-refractivity contribution is 6.30. The van der Waals surface area contributed by atoms with Gasteiger partial charge in [-0.15, -0.1) is 0 Å². The summed E-state index contributed by atoms with van der Waals surface area (Å²) in [6.45, 7) is 1.74. The van der Waals surface area contributed by atoms with Crippen LogP contribution < -0.4 is 0 Å². The third-order valence-electron chi connectivity index (χ3n) is 2.34. The maximum atomic E-state index is 10.7. The van der Waals surface area contributed by atoms with Gasteiger partial charge in [0, 0.05) is 10.6 Å². The second-order valence-corrected chi connectivity index (χ2v) is 4.31. The van der Waals surface area contributed by atoms with Crippen LogP contribution in [0.1, 0.15) is 11.5 Å². The molecule has 1 aromatic carbocycles. The lowest BCUT2D eigenvalue weighted by atomic mass is 10.1. The van der Waals surface area contributed by atoms with E-state index in [0.29, 0.717) is 22.2 Å². The number of carbonyl (C=O) groups is 1. The normalized spacial score (nSPS) is 10.3. The first-order chi connectivity index (χ1) is 8.54. The molecule has 0 atom stereocenters. The van der Waals surface area contributed by atoms with Gasteiger partial charge >= 0.3 is 5.97 Å². The minimum Gasteiger partial charge on any atom is -0.481 e. The molecule has 18 heavy (non-hydrogen) atoms.